The Balaban J connectivity index is -0.0000000245. The molecule has 3 N–H and O–H groups in total. The monoisotopic (exact) mass is 312 g/mol. The summed E-state index contributed by atoms with van der Waals surface area (Å²) in [6, 6.07) is -0.713. The van der Waals surface area contributed by atoms with E-state index >= 15 is 0 Å². The van der Waals surface area contributed by atoms with Gasteiger partial charge >= 0.3 is 5.97 Å². The second-order valence-corrected chi connectivity index (χ2v) is 2.11. The predicted molar refractivity (Wildman–Crippen MR) is 59.4 cm³/mol. The fraction of sp³-hybridized carbons (Fsp3) is 0.800. The molecule has 3 nitrogen and oxygen atoms in total. The van der Waals surface area contributed by atoms with E-state index in [-0.39, 0.29) is 74.1 Å². The van der Waals surface area contributed by atoms with Crippen molar-refractivity contribution in [2.75, 3.05) is 0 Å². The smallest absolute Gasteiger partial charge is 0.320 e. The molecule has 0 saturated heterocycles. The number of nitrogens with two attached hydrogens (primary N) is 1. The maximum atomic E-state index is 10.0. The minimum absolute atomic E-state index is 0. The van der Waals surface area contributed by atoms with Gasteiger partial charge in [0.2, 0.25) is 0 Å². The first kappa shape index (κ1) is 36.8. The van der Waals surface area contributed by atoms with E-state index in [1.165, 1.54) is 0 Å². The van der Waals surface area contributed by atoms with Gasteiger partial charge in [-0.25, -0.2) is 0 Å². The van der Waals surface area contributed by atoms with Crippen molar-refractivity contribution in [3.8, 4) is 0 Å². The van der Waals surface area contributed by atoms with Gasteiger partial charge in [-0.1, -0.05) is 13.8 Å². The molecule has 0 amide bonds. The Morgan fingerprint density at radius 1 is 1.15 bits per heavy atom. The first-order chi connectivity index (χ1) is 3.55. The van der Waals surface area contributed by atoms with Crippen LogP contribution in [0, 0.1) is 5.92 Å². The number of hydrogen-bond acceptors (Lipinski definition) is 2. The molecule has 1 radical (unpaired) electrons. The summed E-state index contributed by atoms with van der Waals surface area (Å²) < 4.78 is 0. The predicted octanol–water partition coefficient (Wildman–Crippen LogP) is 1.74. The van der Waals surface area contributed by atoms with E-state index in [0.29, 0.717) is 0 Å². The van der Waals surface area contributed by atoms with Crippen molar-refractivity contribution in [1.29, 1.82) is 0 Å². The average Bonchev–Trinajstić information content (AvgIpc) is 1.64. The first-order valence-electron chi connectivity index (χ1n) is 2.54. The SMILES string of the molecule is CC(C)[C@H](N)C(=O)O.Cl.Cl.Cl.Cl.[V]. The van der Waals surface area contributed by atoms with Crippen molar-refractivity contribution in [2.45, 2.75) is 19.9 Å². The van der Waals surface area contributed by atoms with Gasteiger partial charge in [-0.3, -0.25) is 4.79 Å². The Morgan fingerprint density at radius 3 is 1.38 bits per heavy atom. The molecule has 0 fully saturated rings. The quantitative estimate of drug-likeness (QED) is 0.816. The Hall–Kier alpha value is 1.17. The Labute approximate surface area is 115 Å². The van der Waals surface area contributed by atoms with Gasteiger partial charge in [0, 0.05) is 18.6 Å². The van der Waals surface area contributed by atoms with Crippen LogP contribution in [0.4, 0.5) is 0 Å². The molecule has 0 saturated carbocycles. The molecule has 0 bridgehead atoms. The number of halogens is 4. The second-order valence-electron chi connectivity index (χ2n) is 2.11. The van der Waals surface area contributed by atoms with Crippen LogP contribution in [-0.4, -0.2) is 17.1 Å². The van der Waals surface area contributed by atoms with E-state index in [4.69, 9.17) is 10.8 Å². The van der Waals surface area contributed by atoms with Crippen molar-refractivity contribution in [1.82, 2.24) is 0 Å². The van der Waals surface area contributed by atoms with E-state index < -0.39 is 12.0 Å². The summed E-state index contributed by atoms with van der Waals surface area (Å²) in [5, 5.41) is 8.23. The molecule has 85 valence electrons. The summed E-state index contributed by atoms with van der Waals surface area (Å²) in [6.45, 7) is 3.55. The molecule has 0 rings (SSSR count). The van der Waals surface area contributed by atoms with Crippen LogP contribution >= 0.6 is 49.6 Å². The van der Waals surface area contributed by atoms with Gasteiger partial charge in [-0.05, 0) is 5.92 Å². The Bertz CT molecular complexity index is 107. The molecule has 0 aromatic carbocycles. The van der Waals surface area contributed by atoms with E-state index in [9.17, 15) is 4.79 Å². The second kappa shape index (κ2) is 18.9. The normalized spacial score (nSPS) is 8.62. The minimum atomic E-state index is -0.931. The zero-order chi connectivity index (χ0) is 6.73. The van der Waals surface area contributed by atoms with Gasteiger partial charge in [0.25, 0.3) is 0 Å². The third-order valence-electron chi connectivity index (χ3n) is 1.00. The zero-order valence-corrected chi connectivity index (χ0v) is 11.8. The molecule has 0 spiro atoms. The molecule has 0 aliphatic heterocycles. The number of carbonyl (C=O) groups is 1. The number of aliphatic carboxylic acids is 1. The molecule has 13 heavy (non-hydrogen) atoms. The van der Waals surface area contributed by atoms with Crippen molar-refractivity contribution in [3.05, 3.63) is 0 Å². The van der Waals surface area contributed by atoms with Crippen LogP contribution in [0.3, 0.4) is 0 Å². The van der Waals surface area contributed by atoms with Crippen molar-refractivity contribution in [3.63, 3.8) is 0 Å². The molecular formula is C5H15Cl4NO2V. The number of carboxylic acid groups (broad SMARTS) is 1. The summed E-state index contributed by atoms with van der Waals surface area (Å²) in [6.07, 6.45) is 0. The number of carboxylic acids is 1. The molecule has 0 heterocycles. The fourth-order valence-corrected chi connectivity index (χ4v) is 0.285. The van der Waals surface area contributed by atoms with Crippen LogP contribution in [0.25, 0.3) is 0 Å². The maximum absolute atomic E-state index is 10.0. The van der Waals surface area contributed by atoms with E-state index in [1.54, 1.807) is 13.8 Å². The topological polar surface area (TPSA) is 63.3 Å². The van der Waals surface area contributed by atoms with Crippen molar-refractivity contribution >= 4 is 55.6 Å². The van der Waals surface area contributed by atoms with Crippen LogP contribution in [0.1, 0.15) is 13.8 Å². The molecule has 0 aliphatic rings. The van der Waals surface area contributed by atoms with Crippen LogP contribution in [0.5, 0.6) is 0 Å². The number of rotatable bonds is 2. The van der Waals surface area contributed by atoms with Crippen LogP contribution in [0.15, 0.2) is 0 Å². The molecule has 1 atom stereocenters. The Morgan fingerprint density at radius 2 is 1.38 bits per heavy atom. The van der Waals surface area contributed by atoms with Crippen LogP contribution in [0.2, 0.25) is 0 Å². The van der Waals surface area contributed by atoms with Crippen LogP contribution < -0.4 is 5.73 Å². The van der Waals surface area contributed by atoms with Gasteiger partial charge in [0.05, 0.1) is 0 Å². The molecule has 0 aromatic rings. The van der Waals surface area contributed by atoms with E-state index in [2.05, 4.69) is 0 Å². The third-order valence-corrected chi connectivity index (χ3v) is 1.00. The van der Waals surface area contributed by atoms with Crippen LogP contribution in [-0.2, 0) is 23.4 Å². The fourth-order valence-electron chi connectivity index (χ4n) is 0.285. The molecular weight excluding hydrogens is 299 g/mol. The molecule has 0 aromatic heterocycles. The van der Waals surface area contributed by atoms with E-state index in [1.807, 2.05) is 0 Å². The summed E-state index contributed by atoms with van der Waals surface area (Å²) in [5.74, 6) is -0.910. The number of hydrogen-bond donors (Lipinski definition) is 2. The van der Waals surface area contributed by atoms with E-state index in [0.717, 1.165) is 0 Å². The standard InChI is InChI=1S/C5H11NO2.4ClH.V/c1-3(2)4(6)5(7)8;;;;;/h3-4H,6H2,1-2H3,(H,7,8);4*1H;/t4-;;;;;/m0...../s1. The van der Waals surface area contributed by atoms with Crippen molar-refractivity contribution < 1.29 is 28.5 Å². The summed E-state index contributed by atoms with van der Waals surface area (Å²) in [4.78, 5) is 10.0. The molecule has 0 aliphatic carbocycles. The molecule has 8 heteroatoms. The summed E-state index contributed by atoms with van der Waals surface area (Å²) >= 11 is 0. The largest absolute Gasteiger partial charge is 0.480 e. The molecule has 0 unspecified atom stereocenters. The van der Waals surface area contributed by atoms with Gasteiger partial charge in [0.1, 0.15) is 6.04 Å². The van der Waals surface area contributed by atoms with Gasteiger partial charge < -0.3 is 10.8 Å². The summed E-state index contributed by atoms with van der Waals surface area (Å²) in [5.41, 5.74) is 5.16. The summed E-state index contributed by atoms with van der Waals surface area (Å²) in [7, 11) is 0. The minimum Gasteiger partial charge on any atom is -0.480 e. The van der Waals surface area contributed by atoms with Gasteiger partial charge in [-0.2, -0.15) is 0 Å². The zero-order valence-electron chi connectivity index (χ0n) is 7.17. The van der Waals surface area contributed by atoms with Gasteiger partial charge in [-0.15, -0.1) is 49.6 Å². The van der Waals surface area contributed by atoms with Gasteiger partial charge in [0.15, 0.2) is 0 Å². The Kier molecular flexibility index (Phi) is 53.4. The average molecular weight is 314 g/mol. The van der Waals surface area contributed by atoms with Crippen molar-refractivity contribution in [2.24, 2.45) is 11.7 Å². The maximum Gasteiger partial charge on any atom is 0.320 e. The first-order valence-corrected chi connectivity index (χ1v) is 2.54. The third kappa shape index (κ3) is 19.5.